The highest BCUT2D eigenvalue weighted by molar-refractivity contribution is 5.72. The van der Waals surface area contributed by atoms with Crippen LogP contribution in [0.4, 0.5) is 0 Å². The van der Waals surface area contributed by atoms with Crippen LogP contribution in [0.25, 0.3) is 0 Å². The van der Waals surface area contributed by atoms with Gasteiger partial charge in [0, 0.05) is 12.8 Å². The van der Waals surface area contributed by atoms with Crippen molar-refractivity contribution in [2.45, 2.75) is 51.2 Å². The predicted octanol–water partition coefficient (Wildman–Crippen LogP) is 1.24. The van der Waals surface area contributed by atoms with Crippen LogP contribution in [0.1, 0.15) is 40.0 Å². The molecule has 1 N–H and O–H groups in total. The Morgan fingerprint density at radius 3 is 2.58 bits per heavy atom. The van der Waals surface area contributed by atoms with E-state index in [0.717, 1.165) is 6.42 Å². The van der Waals surface area contributed by atoms with Crippen molar-refractivity contribution in [1.82, 2.24) is 0 Å². The molecule has 3 nitrogen and oxygen atoms in total. The SMILES string of the molecule is CC(C)(O)CC1(C)CCC(=O)O1. The Morgan fingerprint density at radius 2 is 2.25 bits per heavy atom. The van der Waals surface area contributed by atoms with E-state index in [-0.39, 0.29) is 5.97 Å². The molecule has 1 aliphatic heterocycles. The Bertz CT molecular complexity index is 192. The van der Waals surface area contributed by atoms with Gasteiger partial charge in [-0.1, -0.05) is 0 Å². The third-order valence-electron chi connectivity index (χ3n) is 2.02. The summed E-state index contributed by atoms with van der Waals surface area (Å²) in [6.07, 6.45) is 1.70. The summed E-state index contributed by atoms with van der Waals surface area (Å²) in [5.74, 6) is -0.151. The number of ether oxygens (including phenoxy) is 1. The number of hydrogen-bond acceptors (Lipinski definition) is 3. The van der Waals surface area contributed by atoms with Crippen LogP contribution in [-0.4, -0.2) is 22.3 Å². The normalized spacial score (nSPS) is 30.5. The Kier molecular flexibility index (Phi) is 2.17. The molecule has 1 atom stereocenters. The minimum atomic E-state index is -0.765. The van der Waals surface area contributed by atoms with Crippen molar-refractivity contribution in [3.8, 4) is 0 Å². The van der Waals surface area contributed by atoms with Gasteiger partial charge >= 0.3 is 5.97 Å². The molecule has 1 saturated heterocycles. The number of carbonyl (C=O) groups is 1. The molecule has 1 unspecified atom stereocenters. The molecule has 0 aromatic rings. The highest BCUT2D eigenvalue weighted by Gasteiger charge is 2.39. The zero-order valence-corrected chi connectivity index (χ0v) is 7.89. The quantitative estimate of drug-likeness (QED) is 0.637. The number of carbonyl (C=O) groups excluding carboxylic acids is 1. The zero-order valence-electron chi connectivity index (χ0n) is 7.89. The lowest BCUT2D eigenvalue weighted by Gasteiger charge is -2.29. The summed E-state index contributed by atoms with van der Waals surface area (Å²) in [7, 11) is 0. The molecule has 12 heavy (non-hydrogen) atoms. The van der Waals surface area contributed by atoms with Crippen molar-refractivity contribution < 1.29 is 14.6 Å². The molecule has 1 heterocycles. The Labute approximate surface area is 72.7 Å². The molecule has 0 radical (unpaired) electrons. The van der Waals surface area contributed by atoms with Gasteiger partial charge in [0.15, 0.2) is 0 Å². The number of rotatable bonds is 2. The first-order valence-electron chi connectivity index (χ1n) is 4.25. The first-order chi connectivity index (χ1) is 5.31. The zero-order chi connectivity index (χ0) is 9.41. The second-order valence-electron chi connectivity index (χ2n) is 4.41. The van der Waals surface area contributed by atoms with Crippen molar-refractivity contribution in [1.29, 1.82) is 0 Å². The summed E-state index contributed by atoms with van der Waals surface area (Å²) in [6.45, 7) is 5.32. The highest BCUT2D eigenvalue weighted by Crippen LogP contribution is 2.33. The average molecular weight is 172 g/mol. The van der Waals surface area contributed by atoms with Gasteiger partial charge in [0.05, 0.1) is 5.60 Å². The Balaban J connectivity index is 2.56. The second kappa shape index (κ2) is 2.73. The molecule has 0 saturated carbocycles. The molecule has 1 aliphatic rings. The van der Waals surface area contributed by atoms with Crippen LogP contribution in [-0.2, 0) is 9.53 Å². The first kappa shape index (κ1) is 9.52. The fraction of sp³-hybridized carbons (Fsp3) is 0.889. The fourth-order valence-corrected chi connectivity index (χ4v) is 1.78. The molecule has 0 bridgehead atoms. The summed E-state index contributed by atoms with van der Waals surface area (Å²) in [5.41, 5.74) is -1.21. The number of aliphatic hydroxyl groups is 1. The van der Waals surface area contributed by atoms with E-state index in [1.54, 1.807) is 13.8 Å². The highest BCUT2D eigenvalue weighted by atomic mass is 16.6. The Morgan fingerprint density at radius 1 is 1.67 bits per heavy atom. The molecular weight excluding hydrogens is 156 g/mol. The van der Waals surface area contributed by atoms with Gasteiger partial charge in [-0.15, -0.1) is 0 Å². The molecule has 0 aliphatic carbocycles. The van der Waals surface area contributed by atoms with E-state index >= 15 is 0 Å². The molecule has 0 spiro atoms. The minimum absolute atomic E-state index is 0.151. The van der Waals surface area contributed by atoms with E-state index in [1.165, 1.54) is 0 Å². The maximum absolute atomic E-state index is 10.8. The van der Waals surface area contributed by atoms with Crippen LogP contribution in [0.15, 0.2) is 0 Å². The van der Waals surface area contributed by atoms with Crippen LogP contribution < -0.4 is 0 Å². The Hall–Kier alpha value is -0.570. The van der Waals surface area contributed by atoms with Gasteiger partial charge in [-0.05, 0) is 27.2 Å². The summed E-state index contributed by atoms with van der Waals surface area (Å²) >= 11 is 0. The van der Waals surface area contributed by atoms with Crippen LogP contribution in [0, 0.1) is 0 Å². The van der Waals surface area contributed by atoms with E-state index in [2.05, 4.69) is 0 Å². The molecule has 70 valence electrons. The van der Waals surface area contributed by atoms with Crippen molar-refractivity contribution in [3.63, 3.8) is 0 Å². The minimum Gasteiger partial charge on any atom is -0.459 e. The van der Waals surface area contributed by atoms with Gasteiger partial charge in [-0.3, -0.25) is 4.79 Å². The third-order valence-corrected chi connectivity index (χ3v) is 2.02. The summed E-state index contributed by atoms with van der Waals surface area (Å²) in [5, 5.41) is 9.54. The standard InChI is InChI=1S/C9H16O3/c1-8(2,11)6-9(3)5-4-7(10)12-9/h11H,4-6H2,1-3H3. The average Bonchev–Trinajstić information content (AvgIpc) is 2.05. The lowest BCUT2D eigenvalue weighted by Crippen LogP contribution is -2.35. The third kappa shape index (κ3) is 2.48. The van der Waals surface area contributed by atoms with Crippen molar-refractivity contribution in [3.05, 3.63) is 0 Å². The molecule has 0 aromatic carbocycles. The molecule has 1 fully saturated rings. The lowest BCUT2D eigenvalue weighted by molar-refractivity contribution is -0.150. The van der Waals surface area contributed by atoms with Gasteiger partial charge in [-0.2, -0.15) is 0 Å². The molecule has 1 rings (SSSR count). The first-order valence-corrected chi connectivity index (χ1v) is 4.25. The van der Waals surface area contributed by atoms with Crippen molar-refractivity contribution in [2.24, 2.45) is 0 Å². The van der Waals surface area contributed by atoms with E-state index in [4.69, 9.17) is 4.74 Å². The predicted molar refractivity (Wildman–Crippen MR) is 44.6 cm³/mol. The van der Waals surface area contributed by atoms with Crippen LogP contribution >= 0.6 is 0 Å². The summed E-state index contributed by atoms with van der Waals surface area (Å²) in [4.78, 5) is 10.8. The number of hydrogen-bond donors (Lipinski definition) is 1. The second-order valence-corrected chi connectivity index (χ2v) is 4.41. The molecular formula is C9H16O3. The van der Waals surface area contributed by atoms with Gasteiger partial charge in [0.1, 0.15) is 5.60 Å². The van der Waals surface area contributed by atoms with E-state index in [0.29, 0.717) is 12.8 Å². The number of esters is 1. The largest absolute Gasteiger partial charge is 0.459 e. The van der Waals surface area contributed by atoms with E-state index in [9.17, 15) is 9.90 Å². The molecule has 0 aromatic heterocycles. The van der Waals surface area contributed by atoms with Crippen molar-refractivity contribution in [2.75, 3.05) is 0 Å². The van der Waals surface area contributed by atoms with Crippen LogP contribution in [0.5, 0.6) is 0 Å². The van der Waals surface area contributed by atoms with Gasteiger partial charge < -0.3 is 9.84 Å². The van der Waals surface area contributed by atoms with Crippen molar-refractivity contribution >= 4 is 5.97 Å². The molecule has 3 heteroatoms. The maximum Gasteiger partial charge on any atom is 0.306 e. The maximum atomic E-state index is 10.8. The fourth-order valence-electron chi connectivity index (χ4n) is 1.78. The van der Waals surface area contributed by atoms with Crippen LogP contribution in [0.3, 0.4) is 0 Å². The summed E-state index contributed by atoms with van der Waals surface area (Å²) in [6, 6.07) is 0. The number of cyclic esters (lactones) is 1. The van der Waals surface area contributed by atoms with E-state index < -0.39 is 11.2 Å². The molecule has 0 amide bonds. The smallest absolute Gasteiger partial charge is 0.306 e. The lowest BCUT2D eigenvalue weighted by atomic mass is 9.89. The van der Waals surface area contributed by atoms with Gasteiger partial charge in [0.2, 0.25) is 0 Å². The summed E-state index contributed by atoms with van der Waals surface area (Å²) < 4.78 is 5.13. The monoisotopic (exact) mass is 172 g/mol. The topological polar surface area (TPSA) is 46.5 Å². The van der Waals surface area contributed by atoms with E-state index in [1.807, 2.05) is 6.92 Å². The van der Waals surface area contributed by atoms with Crippen LogP contribution in [0.2, 0.25) is 0 Å². The van der Waals surface area contributed by atoms with Gasteiger partial charge in [0.25, 0.3) is 0 Å². The van der Waals surface area contributed by atoms with Gasteiger partial charge in [-0.25, -0.2) is 0 Å².